The summed E-state index contributed by atoms with van der Waals surface area (Å²) in [5.74, 6) is 3.96. The molecule has 0 aromatic heterocycles. The summed E-state index contributed by atoms with van der Waals surface area (Å²) in [6, 6.07) is 0. The molecule has 0 aromatic carbocycles. The van der Waals surface area contributed by atoms with Crippen LogP contribution in [0.4, 0.5) is 0 Å². The van der Waals surface area contributed by atoms with Crippen molar-refractivity contribution in [2.24, 2.45) is 35.5 Å². The average Bonchev–Trinajstić information content (AvgIpc) is 2.55. The predicted octanol–water partition coefficient (Wildman–Crippen LogP) is 5.51. The molecule has 3 aliphatic rings. The van der Waals surface area contributed by atoms with Gasteiger partial charge in [0.25, 0.3) is 0 Å². The molecular weight excluding hydrogens is 272 g/mol. The van der Waals surface area contributed by atoms with Crippen molar-refractivity contribution >= 4 is 5.97 Å². The summed E-state index contributed by atoms with van der Waals surface area (Å²) in [5, 5.41) is 9.25. The van der Waals surface area contributed by atoms with Crippen LogP contribution in [0.25, 0.3) is 0 Å². The quantitative estimate of drug-likeness (QED) is 0.743. The van der Waals surface area contributed by atoms with E-state index in [9.17, 15) is 9.90 Å². The fourth-order valence-corrected chi connectivity index (χ4v) is 5.93. The van der Waals surface area contributed by atoms with E-state index in [1.165, 1.54) is 64.2 Å². The van der Waals surface area contributed by atoms with Crippen molar-refractivity contribution in [3.63, 3.8) is 0 Å². The molecule has 1 N–H and O–H groups in total. The zero-order valence-electron chi connectivity index (χ0n) is 14.3. The Bertz CT molecular complexity index is 370. The molecule has 0 saturated heterocycles. The monoisotopic (exact) mass is 306 g/mol. The normalized spacial score (nSPS) is 42.6. The molecule has 4 unspecified atom stereocenters. The van der Waals surface area contributed by atoms with Crippen LogP contribution < -0.4 is 0 Å². The second-order valence-corrected chi connectivity index (χ2v) is 8.51. The molecule has 3 fully saturated rings. The first-order valence-electron chi connectivity index (χ1n) is 9.90. The first-order chi connectivity index (χ1) is 10.7. The summed E-state index contributed by atoms with van der Waals surface area (Å²) in [7, 11) is 0. The number of hydrogen-bond acceptors (Lipinski definition) is 1. The van der Waals surface area contributed by atoms with Crippen LogP contribution >= 0.6 is 0 Å². The van der Waals surface area contributed by atoms with Crippen molar-refractivity contribution in [2.45, 2.75) is 84.0 Å². The number of carbonyl (C=O) groups is 1. The van der Waals surface area contributed by atoms with Crippen molar-refractivity contribution in [2.75, 3.05) is 0 Å². The second-order valence-electron chi connectivity index (χ2n) is 8.51. The fourth-order valence-electron chi connectivity index (χ4n) is 5.93. The number of aliphatic carboxylic acids is 1. The van der Waals surface area contributed by atoms with Gasteiger partial charge in [-0.05, 0) is 81.0 Å². The highest BCUT2D eigenvalue weighted by Crippen LogP contribution is 2.49. The summed E-state index contributed by atoms with van der Waals surface area (Å²) in [5.41, 5.74) is 0. The van der Waals surface area contributed by atoms with Gasteiger partial charge < -0.3 is 5.11 Å². The minimum absolute atomic E-state index is 0.0396. The molecule has 3 aliphatic carbocycles. The van der Waals surface area contributed by atoms with Gasteiger partial charge in [0.1, 0.15) is 0 Å². The highest BCUT2D eigenvalue weighted by atomic mass is 16.4. The van der Waals surface area contributed by atoms with Crippen molar-refractivity contribution in [1.29, 1.82) is 0 Å². The van der Waals surface area contributed by atoms with Crippen LogP contribution in [-0.4, -0.2) is 11.1 Å². The molecule has 0 heterocycles. The van der Waals surface area contributed by atoms with Gasteiger partial charge in [-0.15, -0.1) is 0 Å². The summed E-state index contributed by atoms with van der Waals surface area (Å²) >= 11 is 0. The molecule has 3 rings (SSSR count). The lowest BCUT2D eigenvalue weighted by molar-refractivity contribution is -0.144. The fraction of sp³-hybridized carbons (Fsp3) is 0.950. The highest BCUT2D eigenvalue weighted by molar-refractivity contribution is 5.70. The van der Waals surface area contributed by atoms with Crippen LogP contribution in [0.1, 0.15) is 84.0 Å². The second kappa shape index (κ2) is 7.36. The highest BCUT2D eigenvalue weighted by Gasteiger charge is 2.40. The van der Waals surface area contributed by atoms with Gasteiger partial charge in [0.15, 0.2) is 0 Å². The standard InChI is InChI=1S/C20H34O2/c1-2-3-14-4-6-15(7-5-14)16-8-9-18-13-19(20(21)22)11-10-17(18)12-16/h14-19H,2-13H2,1H3,(H,21,22). The van der Waals surface area contributed by atoms with E-state index in [-0.39, 0.29) is 5.92 Å². The van der Waals surface area contributed by atoms with E-state index in [0.717, 1.165) is 42.4 Å². The van der Waals surface area contributed by atoms with Crippen LogP contribution in [0.2, 0.25) is 0 Å². The van der Waals surface area contributed by atoms with E-state index in [2.05, 4.69) is 6.92 Å². The molecule has 0 spiro atoms. The number of rotatable bonds is 4. The van der Waals surface area contributed by atoms with Gasteiger partial charge in [0.2, 0.25) is 0 Å². The van der Waals surface area contributed by atoms with Gasteiger partial charge in [-0.2, -0.15) is 0 Å². The van der Waals surface area contributed by atoms with E-state index < -0.39 is 5.97 Å². The molecule has 2 heteroatoms. The van der Waals surface area contributed by atoms with E-state index in [1.54, 1.807) is 0 Å². The van der Waals surface area contributed by atoms with E-state index in [1.807, 2.05) is 0 Å². The molecule has 0 amide bonds. The van der Waals surface area contributed by atoms with Gasteiger partial charge in [-0.1, -0.05) is 32.6 Å². The lowest BCUT2D eigenvalue weighted by atomic mass is 9.61. The molecule has 0 bridgehead atoms. The Morgan fingerprint density at radius 3 is 2.00 bits per heavy atom. The Kier molecular flexibility index (Phi) is 5.46. The third-order valence-electron chi connectivity index (χ3n) is 7.26. The molecular formula is C20H34O2. The molecule has 0 aromatic rings. The Balaban J connectivity index is 1.48. The maximum Gasteiger partial charge on any atom is 0.306 e. The molecule has 0 aliphatic heterocycles. The maximum atomic E-state index is 11.2. The van der Waals surface area contributed by atoms with Crippen LogP contribution in [0.3, 0.4) is 0 Å². The maximum absolute atomic E-state index is 11.2. The summed E-state index contributed by atoms with van der Waals surface area (Å²) < 4.78 is 0. The van der Waals surface area contributed by atoms with Crippen molar-refractivity contribution < 1.29 is 9.90 Å². The van der Waals surface area contributed by atoms with Crippen LogP contribution in [-0.2, 0) is 4.79 Å². The minimum atomic E-state index is -0.546. The number of carboxylic acids is 1. The molecule has 3 saturated carbocycles. The largest absolute Gasteiger partial charge is 0.481 e. The Labute approximate surface area is 136 Å². The van der Waals surface area contributed by atoms with Crippen molar-refractivity contribution in [3.05, 3.63) is 0 Å². The number of fused-ring (bicyclic) bond motifs is 1. The van der Waals surface area contributed by atoms with Crippen LogP contribution in [0.5, 0.6) is 0 Å². The lowest BCUT2D eigenvalue weighted by Gasteiger charge is -2.44. The van der Waals surface area contributed by atoms with Gasteiger partial charge >= 0.3 is 5.97 Å². The first kappa shape index (κ1) is 16.3. The summed E-state index contributed by atoms with van der Waals surface area (Å²) in [6.07, 6.45) is 15.9. The van der Waals surface area contributed by atoms with Crippen molar-refractivity contribution in [1.82, 2.24) is 0 Å². The minimum Gasteiger partial charge on any atom is -0.481 e. The molecule has 4 atom stereocenters. The van der Waals surface area contributed by atoms with Crippen molar-refractivity contribution in [3.8, 4) is 0 Å². The lowest BCUT2D eigenvalue weighted by Crippen LogP contribution is -2.36. The summed E-state index contributed by atoms with van der Waals surface area (Å²) in [6.45, 7) is 2.32. The molecule has 22 heavy (non-hydrogen) atoms. The van der Waals surface area contributed by atoms with E-state index >= 15 is 0 Å². The molecule has 126 valence electrons. The predicted molar refractivity (Wildman–Crippen MR) is 89.7 cm³/mol. The third kappa shape index (κ3) is 3.68. The first-order valence-corrected chi connectivity index (χ1v) is 9.90. The zero-order valence-corrected chi connectivity index (χ0v) is 14.3. The third-order valence-corrected chi connectivity index (χ3v) is 7.26. The SMILES string of the molecule is CCCC1CCC(C2CCC3CC(C(=O)O)CCC3C2)CC1. The van der Waals surface area contributed by atoms with Gasteiger partial charge in [-0.25, -0.2) is 0 Å². The molecule has 2 nitrogen and oxygen atoms in total. The number of carboxylic acid groups (broad SMARTS) is 1. The van der Waals surface area contributed by atoms with Crippen LogP contribution in [0.15, 0.2) is 0 Å². The average molecular weight is 306 g/mol. The smallest absolute Gasteiger partial charge is 0.306 e. The van der Waals surface area contributed by atoms with E-state index in [0.29, 0.717) is 0 Å². The van der Waals surface area contributed by atoms with Gasteiger partial charge in [0, 0.05) is 0 Å². The van der Waals surface area contributed by atoms with Gasteiger partial charge in [0.05, 0.1) is 5.92 Å². The topological polar surface area (TPSA) is 37.3 Å². The number of hydrogen-bond donors (Lipinski definition) is 1. The van der Waals surface area contributed by atoms with Gasteiger partial charge in [-0.3, -0.25) is 4.79 Å². The zero-order chi connectivity index (χ0) is 15.5. The Morgan fingerprint density at radius 2 is 1.36 bits per heavy atom. The Morgan fingerprint density at radius 1 is 0.818 bits per heavy atom. The van der Waals surface area contributed by atoms with E-state index in [4.69, 9.17) is 0 Å². The summed E-state index contributed by atoms with van der Waals surface area (Å²) in [4.78, 5) is 11.2. The molecule has 0 radical (unpaired) electrons. The Hall–Kier alpha value is -0.530. The van der Waals surface area contributed by atoms with Crippen LogP contribution in [0, 0.1) is 35.5 Å².